The first-order valence-corrected chi connectivity index (χ1v) is 6.20. The molecule has 94 valence electrons. The van der Waals surface area contributed by atoms with Crippen molar-refractivity contribution in [2.75, 3.05) is 0 Å². The minimum atomic E-state index is -0.558. The summed E-state index contributed by atoms with van der Waals surface area (Å²) in [5.74, 6) is -1.10. The van der Waals surface area contributed by atoms with Crippen LogP contribution in [-0.2, 0) is 13.1 Å². The molecular weight excluding hydrogens is 302 g/mol. The Morgan fingerprint density at radius 2 is 1.78 bits per heavy atom. The molecule has 0 unspecified atom stereocenters. The fourth-order valence-corrected chi connectivity index (χ4v) is 1.94. The fraction of sp³-hybridized carbons (Fsp3) is 0.154. The van der Waals surface area contributed by atoms with Crippen LogP contribution in [0.3, 0.4) is 0 Å². The van der Waals surface area contributed by atoms with E-state index in [0.717, 1.165) is 5.56 Å². The molecule has 1 N–H and O–H groups in total. The predicted octanol–water partition coefficient (Wildman–Crippen LogP) is 3.41. The number of nitrogens with zero attached hydrogens (tertiary/aromatic N) is 1. The van der Waals surface area contributed by atoms with Crippen LogP contribution in [0.1, 0.15) is 11.1 Å². The van der Waals surface area contributed by atoms with Gasteiger partial charge in [0.2, 0.25) is 0 Å². The van der Waals surface area contributed by atoms with Crippen molar-refractivity contribution < 1.29 is 8.78 Å². The summed E-state index contributed by atoms with van der Waals surface area (Å²) in [4.78, 5) is 3.90. The maximum absolute atomic E-state index is 13.7. The Morgan fingerprint density at radius 3 is 2.50 bits per heavy atom. The van der Waals surface area contributed by atoms with Gasteiger partial charge < -0.3 is 5.32 Å². The molecule has 0 aliphatic heterocycles. The second kappa shape index (κ2) is 6.02. The molecule has 0 spiro atoms. The minimum absolute atomic E-state index is 0.0402. The van der Waals surface area contributed by atoms with E-state index in [2.05, 4.69) is 26.2 Å². The summed E-state index contributed by atoms with van der Waals surface area (Å²) in [6, 6.07) is 6.30. The van der Waals surface area contributed by atoms with Crippen LogP contribution in [0, 0.1) is 11.6 Å². The Hall–Kier alpha value is -1.33. The smallest absolute Gasteiger partial charge is 0.144 e. The van der Waals surface area contributed by atoms with Crippen molar-refractivity contribution in [3.05, 3.63) is 63.9 Å². The topological polar surface area (TPSA) is 24.9 Å². The second-order valence-electron chi connectivity index (χ2n) is 3.78. The number of benzene rings is 1. The quantitative estimate of drug-likeness (QED) is 0.875. The van der Waals surface area contributed by atoms with Gasteiger partial charge in [0.15, 0.2) is 0 Å². The van der Waals surface area contributed by atoms with E-state index in [4.69, 9.17) is 0 Å². The van der Waals surface area contributed by atoms with E-state index in [0.29, 0.717) is 6.54 Å². The largest absolute Gasteiger partial charge is 0.308 e. The number of halogens is 3. The van der Waals surface area contributed by atoms with Crippen LogP contribution >= 0.6 is 15.9 Å². The Balaban J connectivity index is 2.01. The molecule has 0 amide bonds. The monoisotopic (exact) mass is 312 g/mol. The van der Waals surface area contributed by atoms with Gasteiger partial charge in [-0.25, -0.2) is 8.78 Å². The molecule has 2 aromatic rings. The summed E-state index contributed by atoms with van der Waals surface area (Å²) in [7, 11) is 0. The zero-order chi connectivity index (χ0) is 13.0. The Bertz CT molecular complexity index is 532. The summed E-state index contributed by atoms with van der Waals surface area (Å²) in [6.45, 7) is 0.674. The van der Waals surface area contributed by atoms with Gasteiger partial charge in [-0.05, 0) is 45.8 Å². The van der Waals surface area contributed by atoms with Crippen LogP contribution in [-0.4, -0.2) is 4.98 Å². The molecule has 18 heavy (non-hydrogen) atoms. The van der Waals surface area contributed by atoms with E-state index in [-0.39, 0.29) is 16.6 Å². The minimum Gasteiger partial charge on any atom is -0.308 e. The van der Waals surface area contributed by atoms with Gasteiger partial charge in [-0.1, -0.05) is 0 Å². The highest BCUT2D eigenvalue weighted by molar-refractivity contribution is 9.10. The van der Waals surface area contributed by atoms with Crippen molar-refractivity contribution in [2.24, 2.45) is 0 Å². The normalized spacial score (nSPS) is 10.6. The lowest BCUT2D eigenvalue weighted by Gasteiger charge is -2.08. The molecule has 0 fully saturated rings. The van der Waals surface area contributed by atoms with E-state index in [1.54, 1.807) is 12.4 Å². The van der Waals surface area contributed by atoms with Crippen LogP contribution < -0.4 is 5.32 Å². The van der Waals surface area contributed by atoms with E-state index < -0.39 is 11.6 Å². The zero-order valence-electron chi connectivity index (χ0n) is 9.46. The van der Waals surface area contributed by atoms with Crippen molar-refractivity contribution in [1.29, 1.82) is 0 Å². The SMILES string of the molecule is Fc1ccc(Br)c(F)c1CNCc1ccncc1. The molecular formula is C13H11BrF2N2. The number of hydrogen-bond donors (Lipinski definition) is 1. The Morgan fingerprint density at radius 1 is 1.06 bits per heavy atom. The predicted molar refractivity (Wildman–Crippen MR) is 68.8 cm³/mol. The molecule has 5 heteroatoms. The van der Waals surface area contributed by atoms with Gasteiger partial charge in [0.05, 0.1) is 4.47 Å². The first-order chi connectivity index (χ1) is 8.68. The maximum Gasteiger partial charge on any atom is 0.144 e. The van der Waals surface area contributed by atoms with Crippen LogP contribution in [0.2, 0.25) is 0 Å². The van der Waals surface area contributed by atoms with Gasteiger partial charge in [-0.3, -0.25) is 4.98 Å². The van der Waals surface area contributed by atoms with Gasteiger partial charge in [-0.15, -0.1) is 0 Å². The van der Waals surface area contributed by atoms with Crippen LogP contribution in [0.25, 0.3) is 0 Å². The van der Waals surface area contributed by atoms with Crippen molar-refractivity contribution in [3.8, 4) is 0 Å². The lowest BCUT2D eigenvalue weighted by atomic mass is 10.2. The molecule has 0 radical (unpaired) electrons. The molecule has 0 saturated carbocycles. The summed E-state index contributed by atoms with van der Waals surface area (Å²) in [5.41, 5.74) is 1.05. The molecule has 0 saturated heterocycles. The van der Waals surface area contributed by atoms with Crippen molar-refractivity contribution in [1.82, 2.24) is 10.3 Å². The third kappa shape index (κ3) is 3.11. The van der Waals surface area contributed by atoms with Crippen molar-refractivity contribution in [3.63, 3.8) is 0 Å². The highest BCUT2D eigenvalue weighted by Gasteiger charge is 2.11. The van der Waals surface area contributed by atoms with E-state index in [1.807, 2.05) is 12.1 Å². The van der Waals surface area contributed by atoms with Gasteiger partial charge >= 0.3 is 0 Å². The summed E-state index contributed by atoms with van der Waals surface area (Å²) < 4.78 is 27.4. The van der Waals surface area contributed by atoms with Crippen molar-refractivity contribution >= 4 is 15.9 Å². The first-order valence-electron chi connectivity index (χ1n) is 5.40. The van der Waals surface area contributed by atoms with Gasteiger partial charge in [0, 0.05) is 31.0 Å². The molecule has 0 aliphatic rings. The molecule has 2 rings (SSSR count). The van der Waals surface area contributed by atoms with Gasteiger partial charge in [-0.2, -0.15) is 0 Å². The molecule has 0 aliphatic carbocycles. The third-order valence-electron chi connectivity index (χ3n) is 2.52. The maximum atomic E-state index is 13.7. The lowest BCUT2D eigenvalue weighted by molar-refractivity contribution is 0.531. The van der Waals surface area contributed by atoms with Crippen LogP contribution in [0.15, 0.2) is 41.1 Å². The summed E-state index contributed by atoms with van der Waals surface area (Å²) in [6.07, 6.45) is 3.36. The number of rotatable bonds is 4. The van der Waals surface area contributed by atoms with Crippen LogP contribution in [0.5, 0.6) is 0 Å². The fourth-order valence-electron chi connectivity index (χ4n) is 1.56. The highest BCUT2D eigenvalue weighted by Crippen LogP contribution is 2.21. The highest BCUT2D eigenvalue weighted by atomic mass is 79.9. The Kier molecular flexibility index (Phi) is 4.38. The molecule has 1 aromatic carbocycles. The zero-order valence-corrected chi connectivity index (χ0v) is 11.0. The molecule has 0 bridgehead atoms. The molecule has 0 atom stereocenters. The lowest BCUT2D eigenvalue weighted by Crippen LogP contribution is -2.15. The third-order valence-corrected chi connectivity index (χ3v) is 3.13. The number of hydrogen-bond acceptors (Lipinski definition) is 2. The Labute approximate surface area is 112 Å². The molecule has 1 heterocycles. The van der Waals surface area contributed by atoms with E-state index in [1.165, 1.54) is 12.1 Å². The van der Waals surface area contributed by atoms with E-state index in [9.17, 15) is 8.78 Å². The summed E-state index contributed by atoms with van der Waals surface area (Å²) >= 11 is 3.04. The average molecular weight is 313 g/mol. The molecule has 1 aromatic heterocycles. The van der Waals surface area contributed by atoms with E-state index >= 15 is 0 Å². The second-order valence-corrected chi connectivity index (χ2v) is 4.64. The standard InChI is InChI=1S/C13H11BrF2N2/c14-11-1-2-12(15)10(13(11)16)8-18-7-9-3-5-17-6-4-9/h1-6,18H,7-8H2. The van der Waals surface area contributed by atoms with Gasteiger partial charge in [0.25, 0.3) is 0 Å². The number of nitrogens with one attached hydrogen (secondary N) is 1. The first kappa shape index (κ1) is 13.1. The van der Waals surface area contributed by atoms with Crippen molar-refractivity contribution in [2.45, 2.75) is 13.1 Å². The molecule has 2 nitrogen and oxygen atoms in total. The average Bonchev–Trinajstić information content (AvgIpc) is 2.39. The number of pyridine rings is 1. The summed E-state index contributed by atoms with van der Waals surface area (Å²) in [5, 5.41) is 3.00. The van der Waals surface area contributed by atoms with Gasteiger partial charge in [0.1, 0.15) is 11.6 Å². The van der Waals surface area contributed by atoms with Crippen LogP contribution in [0.4, 0.5) is 8.78 Å². The number of aromatic nitrogens is 1.